The van der Waals surface area contributed by atoms with Crippen LogP contribution in [0.2, 0.25) is 0 Å². The third-order valence-corrected chi connectivity index (χ3v) is 5.54. The quantitative estimate of drug-likeness (QED) is 0.636. The molecule has 26 heavy (non-hydrogen) atoms. The standard InChI is InChI=1S/C24H28O2/c1-17-13-15-21(22-10-6-8-12-24(22)26-4)18(2)20(17)16-14-19-9-5-7-11-23(19)25-3/h5-12,14,16,18,21H,13,15H2,1-4H3. The zero-order chi connectivity index (χ0) is 18.5. The molecule has 0 aromatic heterocycles. The van der Waals surface area contributed by atoms with Crippen LogP contribution in [0.1, 0.15) is 43.7 Å². The maximum Gasteiger partial charge on any atom is 0.126 e. The molecule has 0 heterocycles. The Morgan fingerprint density at radius 1 is 0.885 bits per heavy atom. The van der Waals surface area contributed by atoms with Gasteiger partial charge in [0, 0.05) is 5.56 Å². The average molecular weight is 348 g/mol. The van der Waals surface area contributed by atoms with Gasteiger partial charge in [-0.15, -0.1) is 0 Å². The van der Waals surface area contributed by atoms with E-state index in [1.54, 1.807) is 14.2 Å². The number of hydrogen-bond donors (Lipinski definition) is 0. The van der Waals surface area contributed by atoms with Gasteiger partial charge in [-0.2, -0.15) is 0 Å². The molecule has 0 spiro atoms. The van der Waals surface area contributed by atoms with Crippen molar-refractivity contribution >= 4 is 6.08 Å². The van der Waals surface area contributed by atoms with Gasteiger partial charge in [0.25, 0.3) is 0 Å². The maximum atomic E-state index is 5.62. The second-order valence-corrected chi connectivity index (χ2v) is 6.99. The van der Waals surface area contributed by atoms with Crippen LogP contribution < -0.4 is 9.47 Å². The minimum Gasteiger partial charge on any atom is -0.496 e. The van der Waals surface area contributed by atoms with Crippen molar-refractivity contribution in [3.8, 4) is 11.5 Å². The predicted molar refractivity (Wildman–Crippen MR) is 109 cm³/mol. The molecule has 2 aromatic rings. The summed E-state index contributed by atoms with van der Waals surface area (Å²) in [7, 11) is 3.48. The maximum absolute atomic E-state index is 5.62. The molecule has 1 aliphatic carbocycles. The van der Waals surface area contributed by atoms with Crippen molar-refractivity contribution in [1.82, 2.24) is 0 Å². The summed E-state index contributed by atoms with van der Waals surface area (Å²) < 4.78 is 11.1. The van der Waals surface area contributed by atoms with E-state index in [2.05, 4.69) is 50.3 Å². The number of hydrogen-bond acceptors (Lipinski definition) is 2. The van der Waals surface area contributed by atoms with E-state index < -0.39 is 0 Å². The van der Waals surface area contributed by atoms with Gasteiger partial charge in [0.15, 0.2) is 0 Å². The summed E-state index contributed by atoms with van der Waals surface area (Å²) in [6.45, 7) is 4.60. The molecule has 0 fully saturated rings. The highest BCUT2D eigenvalue weighted by Gasteiger charge is 2.28. The van der Waals surface area contributed by atoms with E-state index in [1.165, 1.54) is 23.1 Å². The lowest BCUT2D eigenvalue weighted by atomic mass is 9.73. The Balaban J connectivity index is 1.90. The fraction of sp³-hybridized carbons (Fsp3) is 0.333. The molecule has 0 aliphatic heterocycles. The molecule has 0 bridgehead atoms. The highest BCUT2D eigenvalue weighted by atomic mass is 16.5. The van der Waals surface area contributed by atoms with Crippen LogP contribution in [0.4, 0.5) is 0 Å². The minimum absolute atomic E-state index is 0.450. The number of benzene rings is 2. The molecule has 2 aromatic carbocycles. The van der Waals surface area contributed by atoms with Crippen LogP contribution >= 0.6 is 0 Å². The van der Waals surface area contributed by atoms with E-state index in [0.717, 1.165) is 23.5 Å². The summed E-state index contributed by atoms with van der Waals surface area (Å²) in [5.74, 6) is 2.84. The van der Waals surface area contributed by atoms with Gasteiger partial charge in [-0.05, 0) is 54.9 Å². The molecule has 0 amide bonds. The lowest BCUT2D eigenvalue weighted by Crippen LogP contribution is -2.18. The Kier molecular flexibility index (Phi) is 5.82. The summed E-state index contributed by atoms with van der Waals surface area (Å²) in [5.41, 5.74) is 5.34. The van der Waals surface area contributed by atoms with Gasteiger partial charge in [0.1, 0.15) is 11.5 Å². The monoisotopic (exact) mass is 348 g/mol. The molecule has 0 saturated carbocycles. The van der Waals surface area contributed by atoms with Crippen molar-refractivity contribution in [1.29, 1.82) is 0 Å². The topological polar surface area (TPSA) is 18.5 Å². The second-order valence-electron chi connectivity index (χ2n) is 6.99. The lowest BCUT2D eigenvalue weighted by Gasteiger charge is -2.32. The van der Waals surface area contributed by atoms with Crippen LogP contribution in [0.25, 0.3) is 6.08 Å². The van der Waals surface area contributed by atoms with E-state index in [-0.39, 0.29) is 0 Å². The van der Waals surface area contributed by atoms with Crippen molar-refractivity contribution < 1.29 is 9.47 Å². The fourth-order valence-corrected chi connectivity index (χ4v) is 4.05. The molecule has 2 heteroatoms. The Bertz CT molecular complexity index is 816. The third kappa shape index (κ3) is 3.70. The van der Waals surface area contributed by atoms with Gasteiger partial charge in [0.05, 0.1) is 14.2 Å². The van der Waals surface area contributed by atoms with Crippen LogP contribution in [0.3, 0.4) is 0 Å². The van der Waals surface area contributed by atoms with Crippen LogP contribution in [0.5, 0.6) is 11.5 Å². The Labute approximate surface area is 157 Å². The molecule has 1 aliphatic rings. The van der Waals surface area contributed by atoms with E-state index in [4.69, 9.17) is 9.47 Å². The average Bonchev–Trinajstić information content (AvgIpc) is 2.68. The molecular formula is C24H28O2. The summed E-state index contributed by atoms with van der Waals surface area (Å²) in [5, 5.41) is 0. The second kappa shape index (κ2) is 8.27. The third-order valence-electron chi connectivity index (χ3n) is 5.54. The number of allylic oxidation sites excluding steroid dienone is 3. The molecule has 0 saturated heterocycles. The molecule has 2 nitrogen and oxygen atoms in total. The number of para-hydroxylation sites is 2. The van der Waals surface area contributed by atoms with Crippen molar-refractivity contribution in [2.75, 3.05) is 14.2 Å². The molecular weight excluding hydrogens is 320 g/mol. The van der Waals surface area contributed by atoms with Crippen LogP contribution in [-0.4, -0.2) is 14.2 Å². The molecule has 0 radical (unpaired) electrons. The Morgan fingerprint density at radius 2 is 1.54 bits per heavy atom. The van der Waals surface area contributed by atoms with Crippen LogP contribution in [-0.2, 0) is 0 Å². The summed E-state index contributed by atoms with van der Waals surface area (Å²) in [4.78, 5) is 0. The van der Waals surface area contributed by atoms with Crippen LogP contribution in [0.15, 0.2) is 65.8 Å². The lowest BCUT2D eigenvalue weighted by molar-refractivity contribution is 0.388. The summed E-state index contributed by atoms with van der Waals surface area (Å²) in [6.07, 6.45) is 6.75. The van der Waals surface area contributed by atoms with Crippen molar-refractivity contribution in [2.24, 2.45) is 5.92 Å². The predicted octanol–water partition coefficient (Wildman–Crippen LogP) is 6.25. The Morgan fingerprint density at radius 3 is 2.27 bits per heavy atom. The molecule has 2 unspecified atom stereocenters. The number of rotatable bonds is 5. The largest absolute Gasteiger partial charge is 0.496 e. The number of ether oxygens (including phenoxy) is 2. The molecule has 2 atom stereocenters. The smallest absolute Gasteiger partial charge is 0.126 e. The zero-order valence-electron chi connectivity index (χ0n) is 16.2. The Hall–Kier alpha value is -2.48. The molecule has 3 rings (SSSR count). The summed E-state index contributed by atoms with van der Waals surface area (Å²) >= 11 is 0. The van der Waals surface area contributed by atoms with Crippen molar-refractivity contribution in [3.05, 3.63) is 76.9 Å². The first kappa shape index (κ1) is 18.3. The summed E-state index contributed by atoms with van der Waals surface area (Å²) in [6, 6.07) is 16.6. The van der Waals surface area contributed by atoms with Gasteiger partial charge in [0.2, 0.25) is 0 Å². The van der Waals surface area contributed by atoms with Gasteiger partial charge in [-0.1, -0.05) is 61.0 Å². The highest BCUT2D eigenvalue weighted by Crippen LogP contribution is 2.44. The van der Waals surface area contributed by atoms with Gasteiger partial charge in [-0.25, -0.2) is 0 Å². The van der Waals surface area contributed by atoms with E-state index in [1.807, 2.05) is 24.3 Å². The van der Waals surface area contributed by atoms with Crippen LogP contribution in [0, 0.1) is 5.92 Å². The van der Waals surface area contributed by atoms with Crippen molar-refractivity contribution in [2.45, 2.75) is 32.6 Å². The van der Waals surface area contributed by atoms with Gasteiger partial charge >= 0.3 is 0 Å². The van der Waals surface area contributed by atoms with Gasteiger partial charge in [-0.3, -0.25) is 0 Å². The minimum atomic E-state index is 0.450. The van der Waals surface area contributed by atoms with E-state index in [9.17, 15) is 0 Å². The first-order valence-corrected chi connectivity index (χ1v) is 9.29. The van der Waals surface area contributed by atoms with Crippen molar-refractivity contribution in [3.63, 3.8) is 0 Å². The van der Waals surface area contributed by atoms with E-state index >= 15 is 0 Å². The first-order chi connectivity index (χ1) is 12.7. The molecule has 136 valence electrons. The highest BCUT2D eigenvalue weighted by molar-refractivity contribution is 5.60. The van der Waals surface area contributed by atoms with E-state index in [0.29, 0.717) is 11.8 Å². The molecule has 0 N–H and O–H groups in total. The van der Waals surface area contributed by atoms with Gasteiger partial charge < -0.3 is 9.47 Å². The zero-order valence-corrected chi connectivity index (χ0v) is 16.2. The first-order valence-electron chi connectivity index (χ1n) is 9.29. The fourth-order valence-electron chi connectivity index (χ4n) is 4.05. The normalized spacial score (nSPS) is 20.5. The number of methoxy groups -OCH3 is 2. The SMILES string of the molecule is COc1ccccc1C=CC1=C(C)CCC(c2ccccc2OC)C1C.